The predicted octanol–water partition coefficient (Wildman–Crippen LogP) is 4.82. The minimum atomic E-state index is -0.849. The zero-order valence-corrected chi connectivity index (χ0v) is 16.2. The fourth-order valence-corrected chi connectivity index (χ4v) is 3.82. The number of hydrogen-bond donors (Lipinski definition) is 1. The van der Waals surface area contributed by atoms with Gasteiger partial charge in [-0.25, -0.2) is 13.2 Å². The Balaban J connectivity index is 1.57. The molecular weight excluding hydrogens is 401 g/mol. The Kier molecular flexibility index (Phi) is 5.31. The standard InChI is InChI=1S/C20H17F3N4OS/c1-11(19(28)24-17-15(22)7-4-8-16(17)23)29-20-26-25-18(27(20)12-9-10-12)13-5-2-3-6-14(13)21/h2-8,11-12H,9-10H2,1H3,(H,24,28). The molecule has 1 heterocycles. The molecule has 1 atom stereocenters. The van der Waals surface area contributed by atoms with Crippen molar-refractivity contribution in [2.75, 3.05) is 5.32 Å². The molecule has 0 aliphatic heterocycles. The Bertz CT molecular complexity index is 1050. The second-order valence-electron chi connectivity index (χ2n) is 6.73. The van der Waals surface area contributed by atoms with E-state index in [4.69, 9.17) is 0 Å². The fraction of sp³-hybridized carbons (Fsp3) is 0.250. The molecule has 1 amide bonds. The summed E-state index contributed by atoms with van der Waals surface area (Å²) in [6, 6.07) is 9.80. The van der Waals surface area contributed by atoms with Gasteiger partial charge < -0.3 is 5.32 Å². The Labute approximate surface area is 169 Å². The lowest BCUT2D eigenvalue weighted by molar-refractivity contribution is -0.115. The van der Waals surface area contributed by atoms with E-state index in [0.29, 0.717) is 16.5 Å². The number of aromatic nitrogens is 3. The van der Waals surface area contributed by atoms with Gasteiger partial charge in [0.15, 0.2) is 11.0 Å². The highest BCUT2D eigenvalue weighted by Crippen LogP contribution is 2.42. The van der Waals surface area contributed by atoms with E-state index in [1.54, 1.807) is 25.1 Å². The van der Waals surface area contributed by atoms with E-state index < -0.39 is 34.3 Å². The average molecular weight is 418 g/mol. The van der Waals surface area contributed by atoms with Crippen LogP contribution < -0.4 is 5.32 Å². The van der Waals surface area contributed by atoms with Crippen LogP contribution in [0.2, 0.25) is 0 Å². The SMILES string of the molecule is CC(Sc1nnc(-c2ccccc2F)n1C1CC1)C(=O)Nc1c(F)cccc1F. The number of carbonyl (C=O) groups is 1. The van der Waals surface area contributed by atoms with Gasteiger partial charge in [-0.15, -0.1) is 10.2 Å². The van der Waals surface area contributed by atoms with Gasteiger partial charge in [-0.05, 0) is 44.0 Å². The number of carbonyl (C=O) groups excluding carboxylic acids is 1. The number of rotatable bonds is 6. The summed E-state index contributed by atoms with van der Waals surface area (Å²) in [5.41, 5.74) is -0.148. The lowest BCUT2D eigenvalue weighted by atomic mass is 10.2. The molecule has 1 saturated carbocycles. The number of anilines is 1. The van der Waals surface area contributed by atoms with Crippen molar-refractivity contribution in [3.8, 4) is 11.4 Å². The number of nitrogens with one attached hydrogen (secondary N) is 1. The number of halogens is 3. The molecule has 0 saturated heterocycles. The molecule has 1 aliphatic carbocycles. The van der Waals surface area contributed by atoms with Crippen LogP contribution in [0.5, 0.6) is 0 Å². The quantitative estimate of drug-likeness (QED) is 0.584. The van der Waals surface area contributed by atoms with Gasteiger partial charge in [-0.1, -0.05) is 30.0 Å². The molecule has 2 aromatic carbocycles. The summed E-state index contributed by atoms with van der Waals surface area (Å²) in [4.78, 5) is 12.5. The highest BCUT2D eigenvalue weighted by atomic mass is 32.2. The van der Waals surface area contributed by atoms with Crippen molar-refractivity contribution in [3.05, 3.63) is 59.9 Å². The van der Waals surface area contributed by atoms with Gasteiger partial charge in [0.25, 0.3) is 0 Å². The molecule has 0 spiro atoms. The molecule has 29 heavy (non-hydrogen) atoms. The molecule has 0 bridgehead atoms. The van der Waals surface area contributed by atoms with Crippen LogP contribution in [0, 0.1) is 17.5 Å². The molecular formula is C20H17F3N4OS. The third kappa shape index (κ3) is 4.00. The summed E-state index contributed by atoms with van der Waals surface area (Å²) in [5, 5.41) is 10.3. The van der Waals surface area contributed by atoms with E-state index in [2.05, 4.69) is 15.5 Å². The fourth-order valence-electron chi connectivity index (χ4n) is 2.90. The van der Waals surface area contributed by atoms with E-state index >= 15 is 0 Å². The first kappa shape index (κ1) is 19.5. The molecule has 1 fully saturated rings. The molecule has 3 aromatic rings. The van der Waals surface area contributed by atoms with Gasteiger partial charge in [0.1, 0.15) is 23.1 Å². The molecule has 1 aromatic heterocycles. The number of para-hydroxylation sites is 1. The first-order valence-electron chi connectivity index (χ1n) is 9.07. The molecule has 4 rings (SSSR count). The van der Waals surface area contributed by atoms with Gasteiger partial charge in [-0.3, -0.25) is 9.36 Å². The van der Waals surface area contributed by atoms with E-state index in [0.717, 1.165) is 36.7 Å². The van der Waals surface area contributed by atoms with Crippen LogP contribution in [-0.4, -0.2) is 25.9 Å². The number of amides is 1. The Morgan fingerprint density at radius 1 is 1.07 bits per heavy atom. The third-order valence-corrected chi connectivity index (χ3v) is 5.61. The van der Waals surface area contributed by atoms with E-state index in [9.17, 15) is 18.0 Å². The molecule has 1 aliphatic rings. The van der Waals surface area contributed by atoms with Gasteiger partial charge in [0, 0.05) is 6.04 Å². The maximum Gasteiger partial charge on any atom is 0.237 e. The highest BCUT2D eigenvalue weighted by molar-refractivity contribution is 8.00. The zero-order chi connectivity index (χ0) is 20.5. The molecule has 5 nitrogen and oxygen atoms in total. The molecule has 9 heteroatoms. The largest absolute Gasteiger partial charge is 0.320 e. The normalized spacial score (nSPS) is 14.6. The minimum Gasteiger partial charge on any atom is -0.320 e. The number of nitrogens with zero attached hydrogens (tertiary/aromatic N) is 3. The van der Waals surface area contributed by atoms with Crippen LogP contribution in [0.25, 0.3) is 11.4 Å². The number of thioether (sulfide) groups is 1. The summed E-state index contributed by atoms with van der Waals surface area (Å²) >= 11 is 1.11. The highest BCUT2D eigenvalue weighted by Gasteiger charge is 2.32. The maximum atomic E-state index is 14.2. The van der Waals surface area contributed by atoms with Crippen LogP contribution in [0.3, 0.4) is 0 Å². The van der Waals surface area contributed by atoms with Crippen LogP contribution in [0.4, 0.5) is 18.9 Å². The monoisotopic (exact) mass is 418 g/mol. The van der Waals surface area contributed by atoms with Gasteiger partial charge in [-0.2, -0.15) is 0 Å². The Morgan fingerprint density at radius 2 is 1.72 bits per heavy atom. The lowest BCUT2D eigenvalue weighted by Crippen LogP contribution is -2.24. The first-order chi connectivity index (χ1) is 14.0. The van der Waals surface area contributed by atoms with Gasteiger partial charge >= 0.3 is 0 Å². The molecule has 1 N–H and O–H groups in total. The average Bonchev–Trinajstić information content (AvgIpc) is 3.45. The van der Waals surface area contributed by atoms with Crippen molar-refractivity contribution in [1.82, 2.24) is 14.8 Å². The van der Waals surface area contributed by atoms with Crippen molar-refractivity contribution in [2.45, 2.75) is 36.2 Å². The lowest BCUT2D eigenvalue weighted by Gasteiger charge is -2.14. The van der Waals surface area contributed by atoms with E-state index in [-0.39, 0.29) is 6.04 Å². The molecule has 1 unspecified atom stereocenters. The van der Waals surface area contributed by atoms with E-state index in [1.807, 2.05) is 4.57 Å². The molecule has 150 valence electrons. The summed E-state index contributed by atoms with van der Waals surface area (Å²) in [6.45, 7) is 1.60. The van der Waals surface area contributed by atoms with E-state index in [1.165, 1.54) is 12.1 Å². The summed E-state index contributed by atoms with van der Waals surface area (Å²) in [5.74, 6) is -2.27. The van der Waals surface area contributed by atoms with Crippen molar-refractivity contribution < 1.29 is 18.0 Å². The predicted molar refractivity (Wildman–Crippen MR) is 104 cm³/mol. The zero-order valence-electron chi connectivity index (χ0n) is 15.4. The van der Waals surface area contributed by atoms with Gasteiger partial charge in [0.05, 0.1) is 10.8 Å². The second-order valence-corrected chi connectivity index (χ2v) is 8.04. The van der Waals surface area contributed by atoms with Crippen molar-refractivity contribution in [3.63, 3.8) is 0 Å². The van der Waals surface area contributed by atoms with Crippen molar-refractivity contribution in [2.24, 2.45) is 0 Å². The number of hydrogen-bond acceptors (Lipinski definition) is 4. The number of benzene rings is 2. The Hall–Kier alpha value is -2.81. The summed E-state index contributed by atoms with van der Waals surface area (Å²) in [6.07, 6.45) is 1.82. The maximum absolute atomic E-state index is 14.2. The smallest absolute Gasteiger partial charge is 0.237 e. The summed E-state index contributed by atoms with van der Waals surface area (Å²) < 4.78 is 43.6. The summed E-state index contributed by atoms with van der Waals surface area (Å²) in [7, 11) is 0. The molecule has 0 radical (unpaired) electrons. The van der Waals surface area contributed by atoms with Crippen LogP contribution in [0.15, 0.2) is 47.6 Å². The van der Waals surface area contributed by atoms with Crippen LogP contribution in [0.1, 0.15) is 25.8 Å². The third-order valence-electron chi connectivity index (χ3n) is 4.55. The second kappa shape index (κ2) is 7.90. The van der Waals surface area contributed by atoms with Crippen molar-refractivity contribution in [1.29, 1.82) is 0 Å². The topological polar surface area (TPSA) is 59.8 Å². The van der Waals surface area contributed by atoms with Crippen LogP contribution >= 0.6 is 11.8 Å². The van der Waals surface area contributed by atoms with Crippen LogP contribution in [-0.2, 0) is 4.79 Å². The van der Waals surface area contributed by atoms with Gasteiger partial charge in [0.2, 0.25) is 5.91 Å². The van der Waals surface area contributed by atoms with Crippen molar-refractivity contribution >= 4 is 23.4 Å². The minimum absolute atomic E-state index is 0.140. The first-order valence-corrected chi connectivity index (χ1v) is 9.95. The Morgan fingerprint density at radius 3 is 2.38 bits per heavy atom.